The second-order valence-corrected chi connectivity index (χ2v) is 9.53. The molecule has 0 N–H and O–H groups in total. The number of carbonyl (C=O) groups excluding carboxylic acids is 2. The van der Waals surface area contributed by atoms with Crippen LogP contribution < -0.4 is 4.74 Å². The highest BCUT2D eigenvalue weighted by molar-refractivity contribution is 7.89. The van der Waals surface area contributed by atoms with E-state index in [-0.39, 0.29) is 16.2 Å². The number of carbonyl (C=O) groups is 2. The average molecular weight is 466 g/mol. The Morgan fingerprint density at radius 1 is 0.968 bits per heavy atom. The second-order valence-electron chi connectivity index (χ2n) is 7.19. The SMILES string of the molecule is COc1ccc(C(=O)OCC(=O)c2ccc(Cl)cc2)cc1S(=O)(=O)N1CCCCCC1. The molecule has 1 aliphatic rings. The van der Waals surface area contributed by atoms with Gasteiger partial charge in [-0.05, 0) is 55.3 Å². The minimum Gasteiger partial charge on any atom is -0.495 e. The number of hydrogen-bond acceptors (Lipinski definition) is 6. The zero-order chi connectivity index (χ0) is 22.4. The Hall–Kier alpha value is -2.42. The molecule has 2 aromatic carbocycles. The fraction of sp³-hybridized carbons (Fsp3) is 0.364. The van der Waals surface area contributed by atoms with Crippen LogP contribution in [0.25, 0.3) is 0 Å². The molecule has 166 valence electrons. The summed E-state index contributed by atoms with van der Waals surface area (Å²) in [6.07, 6.45) is 3.54. The topological polar surface area (TPSA) is 90.0 Å². The van der Waals surface area contributed by atoms with Gasteiger partial charge < -0.3 is 9.47 Å². The number of ketones is 1. The maximum atomic E-state index is 13.2. The summed E-state index contributed by atoms with van der Waals surface area (Å²) in [5, 5.41) is 0.491. The van der Waals surface area contributed by atoms with Gasteiger partial charge >= 0.3 is 5.97 Å². The first-order chi connectivity index (χ1) is 14.8. The summed E-state index contributed by atoms with van der Waals surface area (Å²) in [5.74, 6) is -1.04. The summed E-state index contributed by atoms with van der Waals surface area (Å²) < 4.78 is 38.2. The number of ether oxygens (including phenoxy) is 2. The van der Waals surface area contributed by atoms with E-state index < -0.39 is 28.4 Å². The number of hydrogen-bond donors (Lipinski definition) is 0. The van der Waals surface area contributed by atoms with Crippen LogP contribution in [-0.2, 0) is 14.8 Å². The number of esters is 1. The molecule has 0 spiro atoms. The van der Waals surface area contributed by atoms with Gasteiger partial charge in [0.15, 0.2) is 12.4 Å². The van der Waals surface area contributed by atoms with Gasteiger partial charge in [0, 0.05) is 23.7 Å². The first-order valence-corrected chi connectivity index (χ1v) is 11.8. The van der Waals surface area contributed by atoms with Crippen LogP contribution in [0.2, 0.25) is 5.02 Å². The van der Waals surface area contributed by atoms with Crippen LogP contribution in [0.4, 0.5) is 0 Å². The second kappa shape index (κ2) is 10.3. The van der Waals surface area contributed by atoms with Crippen LogP contribution in [-0.4, -0.2) is 51.3 Å². The highest BCUT2D eigenvalue weighted by atomic mass is 35.5. The van der Waals surface area contributed by atoms with Gasteiger partial charge in [0.05, 0.1) is 12.7 Å². The third-order valence-corrected chi connectivity index (χ3v) is 7.25. The van der Waals surface area contributed by atoms with Crippen LogP contribution in [0.5, 0.6) is 5.75 Å². The molecular formula is C22H24ClNO6S. The number of methoxy groups -OCH3 is 1. The highest BCUT2D eigenvalue weighted by Gasteiger charge is 2.29. The van der Waals surface area contributed by atoms with Crippen LogP contribution in [0.15, 0.2) is 47.4 Å². The van der Waals surface area contributed by atoms with E-state index >= 15 is 0 Å². The predicted molar refractivity (Wildman–Crippen MR) is 116 cm³/mol. The molecule has 0 aliphatic carbocycles. The van der Waals surface area contributed by atoms with Crippen molar-refractivity contribution < 1.29 is 27.5 Å². The van der Waals surface area contributed by atoms with E-state index in [4.69, 9.17) is 21.1 Å². The maximum absolute atomic E-state index is 13.2. The number of halogens is 1. The Kier molecular flexibility index (Phi) is 7.69. The normalized spacial score (nSPS) is 15.2. The van der Waals surface area contributed by atoms with Crippen LogP contribution in [0.1, 0.15) is 46.4 Å². The van der Waals surface area contributed by atoms with Crippen molar-refractivity contribution in [2.75, 3.05) is 26.8 Å². The summed E-state index contributed by atoms with van der Waals surface area (Å²) >= 11 is 5.81. The Morgan fingerprint density at radius 2 is 1.58 bits per heavy atom. The molecule has 1 aliphatic heterocycles. The van der Waals surface area contributed by atoms with Crippen molar-refractivity contribution in [1.82, 2.24) is 4.31 Å². The molecule has 0 unspecified atom stereocenters. The van der Waals surface area contributed by atoms with Crippen molar-refractivity contribution in [3.8, 4) is 5.75 Å². The van der Waals surface area contributed by atoms with Crippen molar-refractivity contribution in [1.29, 1.82) is 0 Å². The van der Waals surface area contributed by atoms with Gasteiger partial charge in [0.2, 0.25) is 10.0 Å². The van der Waals surface area contributed by atoms with Gasteiger partial charge in [-0.1, -0.05) is 24.4 Å². The molecule has 0 bridgehead atoms. The Bertz CT molecular complexity index is 1040. The summed E-state index contributed by atoms with van der Waals surface area (Å²) in [7, 11) is -2.47. The van der Waals surface area contributed by atoms with Crippen LogP contribution in [0.3, 0.4) is 0 Å². The van der Waals surface area contributed by atoms with Crippen molar-refractivity contribution in [3.05, 3.63) is 58.6 Å². The number of nitrogens with zero attached hydrogens (tertiary/aromatic N) is 1. The molecular weight excluding hydrogens is 442 g/mol. The summed E-state index contributed by atoms with van der Waals surface area (Å²) in [5.41, 5.74) is 0.384. The zero-order valence-corrected chi connectivity index (χ0v) is 18.7. The smallest absolute Gasteiger partial charge is 0.338 e. The average Bonchev–Trinajstić information content (AvgIpc) is 3.07. The number of rotatable bonds is 7. The first kappa shape index (κ1) is 23.2. The van der Waals surface area contributed by atoms with Gasteiger partial charge in [0.25, 0.3) is 0 Å². The molecule has 0 radical (unpaired) electrons. The van der Waals surface area contributed by atoms with Crippen LogP contribution >= 0.6 is 11.6 Å². The molecule has 0 aromatic heterocycles. The molecule has 1 fully saturated rings. The zero-order valence-electron chi connectivity index (χ0n) is 17.2. The fourth-order valence-corrected chi connectivity index (χ4v) is 5.18. The summed E-state index contributed by atoms with van der Waals surface area (Å²) in [6, 6.07) is 10.3. The molecule has 0 amide bonds. The predicted octanol–water partition coefficient (Wildman–Crippen LogP) is 3.95. The van der Waals surface area contributed by atoms with Crippen LogP contribution in [0, 0.1) is 0 Å². The van der Waals surface area contributed by atoms with Gasteiger partial charge in [-0.15, -0.1) is 0 Å². The molecule has 7 nitrogen and oxygen atoms in total. The monoisotopic (exact) mass is 465 g/mol. The minimum absolute atomic E-state index is 0.0260. The van der Waals surface area contributed by atoms with Gasteiger partial charge in [-0.2, -0.15) is 4.31 Å². The number of benzene rings is 2. The quantitative estimate of drug-likeness (QED) is 0.454. The fourth-order valence-electron chi connectivity index (χ4n) is 3.36. The lowest BCUT2D eigenvalue weighted by molar-refractivity contribution is 0.0474. The first-order valence-electron chi connectivity index (χ1n) is 9.97. The molecule has 2 aromatic rings. The van der Waals surface area contributed by atoms with Gasteiger partial charge in [-0.25, -0.2) is 13.2 Å². The summed E-state index contributed by atoms with van der Waals surface area (Å²) in [6.45, 7) is 0.381. The minimum atomic E-state index is -3.84. The number of Topliss-reactive ketones (excluding diaryl/α,β-unsaturated/α-hetero) is 1. The Labute approximate surface area is 187 Å². The molecule has 0 saturated carbocycles. The Morgan fingerprint density at radius 3 is 2.19 bits per heavy atom. The van der Waals surface area contributed by atoms with Crippen molar-refractivity contribution >= 4 is 33.4 Å². The van der Waals surface area contributed by atoms with E-state index in [1.165, 1.54) is 41.7 Å². The highest BCUT2D eigenvalue weighted by Crippen LogP contribution is 2.29. The van der Waals surface area contributed by atoms with Gasteiger partial charge in [0.1, 0.15) is 10.6 Å². The maximum Gasteiger partial charge on any atom is 0.338 e. The number of sulfonamides is 1. The lowest BCUT2D eigenvalue weighted by atomic mass is 10.1. The van der Waals surface area contributed by atoms with Crippen molar-refractivity contribution in [2.45, 2.75) is 30.6 Å². The third-order valence-electron chi connectivity index (χ3n) is 5.08. The largest absolute Gasteiger partial charge is 0.495 e. The standard InChI is InChI=1S/C22H24ClNO6S/c1-29-20-11-8-17(14-21(20)31(27,28)24-12-4-2-3-5-13-24)22(26)30-15-19(25)16-6-9-18(23)10-7-16/h6-11,14H,2-5,12-13,15H2,1H3. The van der Waals surface area contributed by atoms with Gasteiger partial charge in [-0.3, -0.25) is 4.79 Å². The molecule has 1 heterocycles. The molecule has 31 heavy (non-hydrogen) atoms. The van der Waals surface area contributed by atoms with E-state index in [1.807, 2.05) is 0 Å². The van der Waals surface area contributed by atoms with Crippen molar-refractivity contribution in [2.24, 2.45) is 0 Å². The van der Waals surface area contributed by atoms with E-state index in [2.05, 4.69) is 0 Å². The Balaban J connectivity index is 1.78. The van der Waals surface area contributed by atoms with E-state index in [0.29, 0.717) is 23.7 Å². The lowest BCUT2D eigenvalue weighted by Crippen LogP contribution is -2.32. The molecule has 0 atom stereocenters. The molecule has 9 heteroatoms. The van der Waals surface area contributed by atoms with E-state index in [1.54, 1.807) is 12.1 Å². The lowest BCUT2D eigenvalue weighted by Gasteiger charge is -2.21. The van der Waals surface area contributed by atoms with Crippen molar-refractivity contribution in [3.63, 3.8) is 0 Å². The third kappa shape index (κ3) is 5.64. The molecule has 3 rings (SSSR count). The van der Waals surface area contributed by atoms with E-state index in [0.717, 1.165) is 25.7 Å². The molecule has 1 saturated heterocycles. The van der Waals surface area contributed by atoms with E-state index in [9.17, 15) is 18.0 Å². The summed E-state index contributed by atoms with van der Waals surface area (Å²) in [4.78, 5) is 24.6.